The number of benzene rings is 1. The first-order chi connectivity index (χ1) is 12.4. The van der Waals surface area contributed by atoms with Gasteiger partial charge in [0.25, 0.3) is 5.56 Å². The highest BCUT2D eigenvalue weighted by molar-refractivity contribution is 6.08. The lowest BCUT2D eigenvalue weighted by Gasteiger charge is -2.07. The summed E-state index contributed by atoms with van der Waals surface area (Å²) in [6, 6.07) is 13.5. The molecule has 3 aromatic rings. The highest BCUT2D eigenvalue weighted by atomic mass is 16.1. The van der Waals surface area contributed by atoms with Crippen LogP contribution in [0.25, 0.3) is 0 Å². The topological polar surface area (TPSA) is 111 Å². The third-order valence-electron chi connectivity index (χ3n) is 4.15. The standard InChI is InChI=1S/C19H18N4O3/c1-23-15(11-14-6-9-18(25)22-21-14)7-8-16(23)19(26)13-4-2-12(3-5-13)10-17(20)24/h2-9H,10-11H2,1H3,(H2,20,24)(H,22,25). The zero-order valence-corrected chi connectivity index (χ0v) is 14.2. The Balaban J connectivity index is 1.80. The lowest BCUT2D eigenvalue weighted by molar-refractivity contribution is -0.117. The van der Waals surface area contributed by atoms with E-state index in [0.29, 0.717) is 23.4 Å². The number of aromatic nitrogens is 3. The predicted molar refractivity (Wildman–Crippen MR) is 95.8 cm³/mol. The number of nitrogens with two attached hydrogens (primary N) is 1. The highest BCUT2D eigenvalue weighted by Crippen LogP contribution is 2.16. The van der Waals surface area contributed by atoms with Crippen molar-refractivity contribution in [3.63, 3.8) is 0 Å². The van der Waals surface area contributed by atoms with Gasteiger partial charge >= 0.3 is 0 Å². The number of primary amides is 1. The molecule has 0 bridgehead atoms. The number of rotatable bonds is 6. The van der Waals surface area contributed by atoms with E-state index >= 15 is 0 Å². The molecule has 7 heteroatoms. The summed E-state index contributed by atoms with van der Waals surface area (Å²) in [5.41, 5.74) is 8.38. The average molecular weight is 350 g/mol. The van der Waals surface area contributed by atoms with Gasteiger partial charge < -0.3 is 10.3 Å². The molecule has 0 atom stereocenters. The molecule has 132 valence electrons. The number of carbonyl (C=O) groups is 2. The second-order valence-corrected chi connectivity index (χ2v) is 6.03. The minimum atomic E-state index is -0.410. The molecule has 2 aromatic heterocycles. The van der Waals surface area contributed by atoms with E-state index in [1.54, 1.807) is 36.4 Å². The monoisotopic (exact) mass is 350 g/mol. The fourth-order valence-corrected chi connectivity index (χ4v) is 2.74. The van der Waals surface area contributed by atoms with Crippen LogP contribution in [0.15, 0.2) is 53.3 Å². The van der Waals surface area contributed by atoms with Crippen LogP contribution in [0.1, 0.15) is 33.0 Å². The van der Waals surface area contributed by atoms with Gasteiger partial charge in [0, 0.05) is 30.8 Å². The second kappa shape index (κ2) is 7.18. The van der Waals surface area contributed by atoms with E-state index in [2.05, 4.69) is 10.2 Å². The number of hydrogen-bond donors (Lipinski definition) is 2. The molecular weight excluding hydrogens is 332 g/mol. The van der Waals surface area contributed by atoms with Crippen molar-refractivity contribution in [3.05, 3.63) is 87.1 Å². The summed E-state index contributed by atoms with van der Waals surface area (Å²) in [7, 11) is 1.82. The molecule has 0 radical (unpaired) electrons. The molecule has 0 saturated heterocycles. The summed E-state index contributed by atoms with van der Waals surface area (Å²) < 4.78 is 1.81. The molecule has 3 rings (SSSR count). The Morgan fingerprint density at radius 1 is 1.08 bits per heavy atom. The van der Waals surface area contributed by atoms with Crippen molar-refractivity contribution < 1.29 is 9.59 Å². The summed E-state index contributed by atoms with van der Waals surface area (Å²) in [5, 5.41) is 6.39. The molecule has 1 amide bonds. The first kappa shape index (κ1) is 17.3. The molecule has 0 spiro atoms. The van der Waals surface area contributed by atoms with E-state index in [1.165, 1.54) is 6.07 Å². The third-order valence-corrected chi connectivity index (χ3v) is 4.15. The van der Waals surface area contributed by atoms with E-state index < -0.39 is 5.91 Å². The van der Waals surface area contributed by atoms with Gasteiger partial charge in [-0.1, -0.05) is 24.3 Å². The van der Waals surface area contributed by atoms with E-state index in [-0.39, 0.29) is 17.8 Å². The number of H-pyrrole nitrogens is 1. The van der Waals surface area contributed by atoms with Gasteiger partial charge in [0.05, 0.1) is 17.8 Å². The lowest BCUT2D eigenvalue weighted by Crippen LogP contribution is -2.14. The fraction of sp³-hybridized carbons (Fsp3) is 0.158. The molecule has 26 heavy (non-hydrogen) atoms. The minimum Gasteiger partial charge on any atom is -0.369 e. The van der Waals surface area contributed by atoms with Gasteiger partial charge in [-0.25, -0.2) is 5.10 Å². The Morgan fingerprint density at radius 2 is 1.81 bits per heavy atom. The van der Waals surface area contributed by atoms with Gasteiger partial charge in [-0.05, 0) is 23.8 Å². The number of aromatic amines is 1. The summed E-state index contributed by atoms with van der Waals surface area (Å²) in [5.74, 6) is -0.522. The van der Waals surface area contributed by atoms with Crippen LogP contribution >= 0.6 is 0 Å². The summed E-state index contributed by atoms with van der Waals surface area (Å²) in [6.07, 6.45) is 0.646. The maximum atomic E-state index is 12.7. The van der Waals surface area contributed by atoms with Crippen LogP contribution in [-0.2, 0) is 24.7 Å². The van der Waals surface area contributed by atoms with Crippen LogP contribution in [0.4, 0.5) is 0 Å². The molecule has 0 aliphatic rings. The Hall–Kier alpha value is -3.48. The maximum absolute atomic E-state index is 12.7. The first-order valence-electron chi connectivity index (χ1n) is 8.05. The van der Waals surface area contributed by atoms with Crippen molar-refractivity contribution >= 4 is 11.7 Å². The van der Waals surface area contributed by atoms with Gasteiger partial charge in [0.2, 0.25) is 11.7 Å². The fourth-order valence-electron chi connectivity index (χ4n) is 2.74. The molecule has 0 unspecified atom stereocenters. The van der Waals surface area contributed by atoms with Crippen LogP contribution in [0.2, 0.25) is 0 Å². The van der Waals surface area contributed by atoms with Gasteiger partial charge in [0.1, 0.15) is 0 Å². The van der Waals surface area contributed by atoms with Gasteiger partial charge in [-0.3, -0.25) is 14.4 Å². The van der Waals surface area contributed by atoms with Crippen LogP contribution in [-0.4, -0.2) is 26.5 Å². The number of nitrogens with one attached hydrogen (secondary N) is 1. The number of ketones is 1. The number of amides is 1. The molecular formula is C19H18N4O3. The number of carbonyl (C=O) groups excluding carboxylic acids is 2. The number of nitrogens with zero attached hydrogens (tertiary/aromatic N) is 2. The normalized spacial score (nSPS) is 10.7. The van der Waals surface area contributed by atoms with Crippen LogP contribution in [0.3, 0.4) is 0 Å². The van der Waals surface area contributed by atoms with E-state index in [0.717, 1.165) is 11.3 Å². The van der Waals surface area contributed by atoms with Gasteiger partial charge in [-0.2, -0.15) is 5.10 Å². The molecule has 1 aromatic carbocycles. The lowest BCUT2D eigenvalue weighted by atomic mass is 10.0. The summed E-state index contributed by atoms with van der Waals surface area (Å²) in [4.78, 5) is 34.8. The van der Waals surface area contributed by atoms with E-state index in [1.807, 2.05) is 17.7 Å². The van der Waals surface area contributed by atoms with E-state index in [4.69, 9.17) is 5.73 Å². The zero-order chi connectivity index (χ0) is 18.7. The van der Waals surface area contributed by atoms with Crippen molar-refractivity contribution in [2.24, 2.45) is 12.8 Å². The molecule has 7 nitrogen and oxygen atoms in total. The molecule has 0 aliphatic carbocycles. The Bertz CT molecular complexity index is 996. The van der Waals surface area contributed by atoms with Crippen molar-refractivity contribution in [2.45, 2.75) is 12.8 Å². The predicted octanol–water partition coefficient (Wildman–Crippen LogP) is 0.958. The quantitative estimate of drug-likeness (QED) is 0.645. The van der Waals surface area contributed by atoms with Gasteiger partial charge in [-0.15, -0.1) is 0 Å². The molecule has 2 heterocycles. The smallest absolute Gasteiger partial charge is 0.264 e. The van der Waals surface area contributed by atoms with Crippen molar-refractivity contribution in [1.82, 2.24) is 14.8 Å². The van der Waals surface area contributed by atoms with E-state index in [9.17, 15) is 14.4 Å². The largest absolute Gasteiger partial charge is 0.369 e. The Labute approximate surface area is 149 Å². The zero-order valence-electron chi connectivity index (χ0n) is 14.2. The van der Waals surface area contributed by atoms with Crippen molar-refractivity contribution in [2.75, 3.05) is 0 Å². The second-order valence-electron chi connectivity index (χ2n) is 6.03. The summed E-state index contributed by atoms with van der Waals surface area (Å²) in [6.45, 7) is 0. The van der Waals surface area contributed by atoms with Crippen molar-refractivity contribution in [3.8, 4) is 0 Å². The molecule has 0 aliphatic heterocycles. The van der Waals surface area contributed by atoms with Crippen LogP contribution in [0, 0.1) is 0 Å². The van der Waals surface area contributed by atoms with Crippen molar-refractivity contribution in [1.29, 1.82) is 0 Å². The molecule has 0 fully saturated rings. The van der Waals surface area contributed by atoms with Crippen LogP contribution < -0.4 is 11.3 Å². The van der Waals surface area contributed by atoms with Crippen LogP contribution in [0.5, 0.6) is 0 Å². The molecule has 3 N–H and O–H groups in total. The Kier molecular flexibility index (Phi) is 4.79. The minimum absolute atomic E-state index is 0.112. The SMILES string of the molecule is Cn1c(Cc2ccc(=O)[nH]n2)ccc1C(=O)c1ccc(CC(N)=O)cc1. The average Bonchev–Trinajstić information content (AvgIpc) is 2.97. The maximum Gasteiger partial charge on any atom is 0.264 e. The Morgan fingerprint density at radius 3 is 2.42 bits per heavy atom. The third kappa shape index (κ3) is 3.77. The first-order valence-corrected chi connectivity index (χ1v) is 8.05. The van der Waals surface area contributed by atoms with Gasteiger partial charge in [0.15, 0.2) is 0 Å². The number of hydrogen-bond acceptors (Lipinski definition) is 4. The highest BCUT2D eigenvalue weighted by Gasteiger charge is 2.15. The summed E-state index contributed by atoms with van der Waals surface area (Å²) >= 11 is 0. The molecule has 0 saturated carbocycles.